The van der Waals surface area contributed by atoms with Crippen molar-refractivity contribution in [3.63, 3.8) is 0 Å². The molecule has 6 heteroatoms. The van der Waals surface area contributed by atoms with Crippen LogP contribution in [0.5, 0.6) is 5.75 Å². The van der Waals surface area contributed by atoms with E-state index in [2.05, 4.69) is 10.6 Å². The Morgan fingerprint density at radius 1 is 1.04 bits per heavy atom. The Morgan fingerprint density at radius 2 is 1.71 bits per heavy atom. The van der Waals surface area contributed by atoms with Crippen molar-refractivity contribution < 1.29 is 18.3 Å². The number of rotatable bonds is 5. The third-order valence-corrected chi connectivity index (χ3v) is 3.46. The monoisotopic (exact) mass is 334 g/mol. The van der Waals surface area contributed by atoms with Crippen LogP contribution in [0.4, 0.5) is 19.3 Å². The zero-order chi connectivity index (χ0) is 17.7. The Bertz CT molecular complexity index is 725. The number of amides is 2. The number of hydrogen-bond donors (Lipinski definition) is 2. The SMILES string of the molecule is Cc1cc(C)c(NC(=O)NCCOc2ccc(F)c(F)c2)c(C)c1. The molecule has 0 aliphatic heterocycles. The van der Waals surface area contributed by atoms with Crippen LogP contribution in [0.3, 0.4) is 0 Å². The number of carbonyl (C=O) groups excluding carboxylic acids is 1. The van der Waals surface area contributed by atoms with Crippen LogP contribution in [0, 0.1) is 32.4 Å². The van der Waals surface area contributed by atoms with E-state index < -0.39 is 11.6 Å². The molecule has 2 rings (SSSR count). The van der Waals surface area contributed by atoms with Gasteiger partial charge in [0.25, 0.3) is 0 Å². The van der Waals surface area contributed by atoms with Gasteiger partial charge >= 0.3 is 6.03 Å². The molecule has 0 unspecified atom stereocenters. The van der Waals surface area contributed by atoms with Crippen LogP contribution in [0.15, 0.2) is 30.3 Å². The summed E-state index contributed by atoms with van der Waals surface area (Å²) >= 11 is 0. The van der Waals surface area contributed by atoms with Crippen LogP contribution in [0.25, 0.3) is 0 Å². The maximum absolute atomic E-state index is 13.0. The molecule has 0 atom stereocenters. The first-order valence-electron chi connectivity index (χ1n) is 7.57. The molecule has 2 aromatic rings. The smallest absolute Gasteiger partial charge is 0.319 e. The molecule has 0 aromatic heterocycles. The lowest BCUT2D eigenvalue weighted by atomic mass is 10.1. The first-order chi connectivity index (χ1) is 11.4. The lowest BCUT2D eigenvalue weighted by Crippen LogP contribution is -2.32. The Labute approximate surface area is 139 Å². The van der Waals surface area contributed by atoms with E-state index in [0.717, 1.165) is 34.5 Å². The highest BCUT2D eigenvalue weighted by Gasteiger charge is 2.08. The molecule has 2 amide bonds. The zero-order valence-electron chi connectivity index (χ0n) is 13.9. The second-order valence-electron chi connectivity index (χ2n) is 5.58. The fourth-order valence-corrected chi connectivity index (χ4v) is 2.43. The molecular formula is C18H20F2N2O2. The molecule has 128 valence electrons. The average molecular weight is 334 g/mol. The van der Waals surface area contributed by atoms with Gasteiger partial charge in [0.05, 0.1) is 6.54 Å². The van der Waals surface area contributed by atoms with E-state index in [9.17, 15) is 13.6 Å². The predicted octanol–water partition coefficient (Wildman–Crippen LogP) is 4.09. The van der Waals surface area contributed by atoms with Gasteiger partial charge in [0.1, 0.15) is 12.4 Å². The quantitative estimate of drug-likeness (QED) is 0.809. The number of benzene rings is 2. The van der Waals surface area contributed by atoms with Gasteiger partial charge in [-0.2, -0.15) is 0 Å². The van der Waals surface area contributed by atoms with Crippen molar-refractivity contribution in [1.29, 1.82) is 0 Å². The van der Waals surface area contributed by atoms with Gasteiger partial charge in [0.2, 0.25) is 0 Å². The Hall–Kier alpha value is -2.63. The Balaban J connectivity index is 1.80. The van der Waals surface area contributed by atoms with E-state index in [1.165, 1.54) is 6.07 Å². The molecule has 2 aromatic carbocycles. The highest BCUT2D eigenvalue weighted by molar-refractivity contribution is 5.91. The summed E-state index contributed by atoms with van der Waals surface area (Å²) in [7, 11) is 0. The summed E-state index contributed by atoms with van der Waals surface area (Å²) in [4.78, 5) is 11.9. The minimum Gasteiger partial charge on any atom is -0.492 e. The highest BCUT2D eigenvalue weighted by atomic mass is 19.2. The molecule has 0 aliphatic carbocycles. The van der Waals surface area contributed by atoms with Gasteiger partial charge in [0.15, 0.2) is 11.6 Å². The van der Waals surface area contributed by atoms with E-state index in [0.29, 0.717) is 0 Å². The molecule has 0 fully saturated rings. The Kier molecular flexibility index (Phi) is 5.73. The molecule has 24 heavy (non-hydrogen) atoms. The standard InChI is InChI=1S/C18H20F2N2O2/c1-11-8-12(2)17(13(3)9-11)22-18(23)21-6-7-24-14-4-5-15(19)16(20)10-14/h4-5,8-10H,6-7H2,1-3H3,(H2,21,22,23). The van der Waals surface area contributed by atoms with Crippen molar-refractivity contribution in [2.24, 2.45) is 0 Å². The number of ether oxygens (including phenoxy) is 1. The van der Waals surface area contributed by atoms with Crippen LogP contribution in [0.1, 0.15) is 16.7 Å². The molecule has 4 nitrogen and oxygen atoms in total. The topological polar surface area (TPSA) is 50.4 Å². The average Bonchev–Trinajstić information content (AvgIpc) is 2.51. The molecular weight excluding hydrogens is 314 g/mol. The van der Waals surface area contributed by atoms with Gasteiger partial charge in [-0.05, 0) is 44.0 Å². The van der Waals surface area contributed by atoms with Gasteiger partial charge in [-0.25, -0.2) is 13.6 Å². The number of anilines is 1. The third kappa shape index (κ3) is 4.68. The third-order valence-electron chi connectivity index (χ3n) is 3.46. The predicted molar refractivity (Wildman–Crippen MR) is 89.5 cm³/mol. The van der Waals surface area contributed by atoms with Crippen molar-refractivity contribution in [1.82, 2.24) is 5.32 Å². The lowest BCUT2D eigenvalue weighted by Gasteiger charge is -2.14. The van der Waals surface area contributed by atoms with E-state index in [4.69, 9.17) is 4.74 Å². The number of halogens is 2. The first kappa shape index (κ1) is 17.7. The largest absolute Gasteiger partial charge is 0.492 e. The summed E-state index contributed by atoms with van der Waals surface area (Å²) in [6.45, 7) is 6.24. The summed E-state index contributed by atoms with van der Waals surface area (Å²) in [6, 6.07) is 6.93. The van der Waals surface area contributed by atoms with Crippen molar-refractivity contribution in [2.45, 2.75) is 20.8 Å². The molecule has 0 saturated carbocycles. The molecule has 0 radical (unpaired) electrons. The Morgan fingerprint density at radius 3 is 2.33 bits per heavy atom. The fourth-order valence-electron chi connectivity index (χ4n) is 2.43. The number of nitrogens with one attached hydrogen (secondary N) is 2. The van der Waals surface area contributed by atoms with E-state index >= 15 is 0 Å². The van der Waals surface area contributed by atoms with Gasteiger partial charge < -0.3 is 15.4 Å². The van der Waals surface area contributed by atoms with Crippen LogP contribution in [-0.4, -0.2) is 19.2 Å². The van der Waals surface area contributed by atoms with Crippen LogP contribution < -0.4 is 15.4 Å². The molecule has 0 saturated heterocycles. The summed E-state index contributed by atoms with van der Waals surface area (Å²) in [5.74, 6) is -1.69. The maximum atomic E-state index is 13.0. The summed E-state index contributed by atoms with van der Waals surface area (Å²) in [5, 5.41) is 5.46. The van der Waals surface area contributed by atoms with Gasteiger partial charge in [-0.1, -0.05) is 17.7 Å². The zero-order valence-corrected chi connectivity index (χ0v) is 13.9. The van der Waals surface area contributed by atoms with Crippen molar-refractivity contribution in [2.75, 3.05) is 18.5 Å². The molecule has 0 heterocycles. The molecule has 2 N–H and O–H groups in total. The van der Waals surface area contributed by atoms with Crippen molar-refractivity contribution >= 4 is 11.7 Å². The molecule has 0 bridgehead atoms. The van der Waals surface area contributed by atoms with Gasteiger partial charge in [0, 0.05) is 11.8 Å². The van der Waals surface area contributed by atoms with Crippen LogP contribution >= 0.6 is 0 Å². The van der Waals surface area contributed by atoms with Gasteiger partial charge in [-0.15, -0.1) is 0 Å². The first-order valence-corrected chi connectivity index (χ1v) is 7.57. The lowest BCUT2D eigenvalue weighted by molar-refractivity contribution is 0.247. The number of urea groups is 1. The molecule has 0 aliphatic rings. The van der Waals surface area contributed by atoms with Crippen LogP contribution in [0.2, 0.25) is 0 Å². The van der Waals surface area contributed by atoms with E-state index in [1.807, 2.05) is 32.9 Å². The summed E-state index contributed by atoms with van der Waals surface area (Å²) in [5.41, 5.74) is 3.89. The summed E-state index contributed by atoms with van der Waals surface area (Å²) in [6.07, 6.45) is 0. The normalized spacial score (nSPS) is 10.4. The van der Waals surface area contributed by atoms with Crippen molar-refractivity contribution in [3.05, 3.63) is 58.7 Å². The maximum Gasteiger partial charge on any atom is 0.319 e. The number of carbonyl (C=O) groups is 1. The number of aryl methyl sites for hydroxylation is 3. The van der Waals surface area contributed by atoms with Gasteiger partial charge in [-0.3, -0.25) is 0 Å². The van der Waals surface area contributed by atoms with E-state index in [-0.39, 0.29) is 24.9 Å². The second kappa shape index (κ2) is 7.77. The minimum atomic E-state index is -0.969. The van der Waals surface area contributed by atoms with Crippen LogP contribution in [-0.2, 0) is 0 Å². The van der Waals surface area contributed by atoms with E-state index in [1.54, 1.807) is 0 Å². The number of hydrogen-bond acceptors (Lipinski definition) is 2. The van der Waals surface area contributed by atoms with Crippen molar-refractivity contribution in [3.8, 4) is 5.75 Å². The minimum absolute atomic E-state index is 0.143. The summed E-state index contributed by atoms with van der Waals surface area (Å²) < 4.78 is 31.1. The highest BCUT2D eigenvalue weighted by Crippen LogP contribution is 2.21. The fraction of sp³-hybridized carbons (Fsp3) is 0.278. The second-order valence-corrected chi connectivity index (χ2v) is 5.58. The molecule has 0 spiro atoms.